The average Bonchev–Trinajstić information content (AvgIpc) is 2.79. The first kappa shape index (κ1) is 25.7. The lowest BCUT2D eigenvalue weighted by molar-refractivity contribution is -0.136. The van der Waals surface area contributed by atoms with Gasteiger partial charge >= 0.3 is 6.09 Å². The number of carbonyl (C=O) groups is 3. The van der Waals surface area contributed by atoms with Crippen LogP contribution in [0.3, 0.4) is 0 Å². The Morgan fingerprint density at radius 1 is 0.943 bits per heavy atom. The molecule has 3 amide bonds. The van der Waals surface area contributed by atoms with Crippen LogP contribution in [0.2, 0.25) is 0 Å². The summed E-state index contributed by atoms with van der Waals surface area (Å²) in [4.78, 5) is 40.0. The highest BCUT2D eigenvalue weighted by Crippen LogP contribution is 2.27. The molecule has 3 aromatic rings. The van der Waals surface area contributed by atoms with Crippen LogP contribution in [0.1, 0.15) is 43.5 Å². The topological polar surface area (TPSA) is 87.7 Å². The van der Waals surface area contributed by atoms with E-state index in [1.807, 2.05) is 74.5 Å². The summed E-state index contributed by atoms with van der Waals surface area (Å²) in [7, 11) is 1.56. The fraction of sp³-hybridized carbons (Fsp3) is 0.321. The van der Waals surface area contributed by atoms with E-state index in [4.69, 9.17) is 4.74 Å². The Bertz CT molecular complexity index is 1250. The molecular weight excluding hydrogens is 442 g/mol. The molecule has 1 atom stereocenters. The van der Waals surface area contributed by atoms with Crippen molar-refractivity contribution in [1.82, 2.24) is 10.2 Å². The number of rotatable bonds is 6. The van der Waals surface area contributed by atoms with Crippen LogP contribution in [-0.2, 0) is 14.3 Å². The number of alkyl carbamates (subject to hydrolysis) is 1. The maximum Gasteiger partial charge on any atom is 0.408 e. The van der Waals surface area contributed by atoms with Crippen LogP contribution in [-0.4, -0.2) is 42.0 Å². The van der Waals surface area contributed by atoms with Crippen molar-refractivity contribution < 1.29 is 19.1 Å². The number of benzene rings is 3. The molecule has 0 radical (unpaired) electrons. The zero-order valence-corrected chi connectivity index (χ0v) is 21.1. The second kappa shape index (κ2) is 10.6. The summed E-state index contributed by atoms with van der Waals surface area (Å²) >= 11 is 0. The Hall–Kier alpha value is -3.87. The van der Waals surface area contributed by atoms with Gasteiger partial charge in [0.1, 0.15) is 18.2 Å². The monoisotopic (exact) mass is 475 g/mol. The number of hydrogen-bond donors (Lipinski definition) is 2. The van der Waals surface area contributed by atoms with E-state index in [1.165, 1.54) is 4.90 Å². The van der Waals surface area contributed by atoms with Crippen molar-refractivity contribution >= 4 is 34.4 Å². The maximum absolute atomic E-state index is 13.6. The molecule has 0 saturated heterocycles. The summed E-state index contributed by atoms with van der Waals surface area (Å²) in [5.74, 6) is -0.766. The van der Waals surface area contributed by atoms with Gasteiger partial charge in [-0.2, -0.15) is 0 Å². The van der Waals surface area contributed by atoms with Gasteiger partial charge in [0.15, 0.2) is 0 Å². The predicted octanol–water partition coefficient (Wildman–Crippen LogP) is 5.12. The molecule has 184 valence electrons. The molecule has 7 heteroatoms. The minimum atomic E-state index is -0.894. The summed E-state index contributed by atoms with van der Waals surface area (Å²) in [5.41, 5.74) is 2.61. The van der Waals surface area contributed by atoms with E-state index in [-0.39, 0.29) is 12.5 Å². The van der Waals surface area contributed by atoms with Crippen LogP contribution in [0.25, 0.3) is 10.8 Å². The van der Waals surface area contributed by atoms with Gasteiger partial charge in [-0.25, -0.2) is 4.79 Å². The Balaban J connectivity index is 1.85. The van der Waals surface area contributed by atoms with E-state index >= 15 is 0 Å². The molecule has 0 aromatic heterocycles. The number of fused-ring (bicyclic) bond motifs is 1. The molecule has 0 saturated carbocycles. The van der Waals surface area contributed by atoms with Crippen LogP contribution in [0.5, 0.6) is 0 Å². The quantitative estimate of drug-likeness (QED) is 0.518. The van der Waals surface area contributed by atoms with Gasteiger partial charge in [-0.15, -0.1) is 0 Å². The van der Waals surface area contributed by atoms with Crippen LogP contribution in [0.15, 0.2) is 60.7 Å². The maximum atomic E-state index is 13.6. The highest BCUT2D eigenvalue weighted by molar-refractivity contribution is 6.00. The summed E-state index contributed by atoms with van der Waals surface area (Å²) in [6.07, 6.45) is -0.692. The van der Waals surface area contributed by atoms with E-state index in [9.17, 15) is 14.4 Å². The van der Waals surface area contributed by atoms with Gasteiger partial charge in [0.2, 0.25) is 5.91 Å². The van der Waals surface area contributed by atoms with Gasteiger partial charge in [-0.05, 0) is 74.2 Å². The highest BCUT2D eigenvalue weighted by atomic mass is 16.6. The van der Waals surface area contributed by atoms with Gasteiger partial charge in [-0.1, -0.05) is 48.5 Å². The van der Waals surface area contributed by atoms with Gasteiger partial charge in [0.05, 0.1) is 0 Å². The van der Waals surface area contributed by atoms with Gasteiger partial charge in [0, 0.05) is 12.7 Å². The fourth-order valence-electron chi connectivity index (χ4n) is 3.80. The van der Waals surface area contributed by atoms with Crippen LogP contribution < -0.4 is 10.6 Å². The first-order valence-electron chi connectivity index (χ1n) is 11.5. The Morgan fingerprint density at radius 2 is 1.63 bits per heavy atom. The Morgan fingerprint density at radius 3 is 2.31 bits per heavy atom. The summed E-state index contributed by atoms with van der Waals surface area (Å²) < 4.78 is 5.21. The standard InChI is InChI=1S/C28H33N3O4/c1-18-10-9-13-23(19(18)2)25(31(6)24(32)17-29-27(34)35-28(3,4)5)26(33)30-22-15-14-20-11-7-8-12-21(20)16-22/h7-16,25H,17H2,1-6H3,(H,29,34)(H,30,33). The molecule has 0 fully saturated rings. The zero-order chi connectivity index (χ0) is 25.8. The summed E-state index contributed by atoms with van der Waals surface area (Å²) in [6.45, 7) is 8.83. The number of anilines is 1. The normalized spacial score (nSPS) is 12.1. The number of ether oxygens (including phenoxy) is 1. The highest BCUT2D eigenvalue weighted by Gasteiger charge is 2.30. The molecule has 0 aliphatic carbocycles. The Labute approximate surface area is 206 Å². The van der Waals surface area contributed by atoms with Gasteiger partial charge < -0.3 is 20.3 Å². The third kappa shape index (κ3) is 6.59. The second-order valence-electron chi connectivity index (χ2n) is 9.60. The van der Waals surface area contributed by atoms with E-state index in [0.717, 1.165) is 27.5 Å². The summed E-state index contributed by atoms with van der Waals surface area (Å²) in [6, 6.07) is 18.3. The third-order valence-electron chi connectivity index (χ3n) is 5.77. The van der Waals surface area contributed by atoms with E-state index in [0.29, 0.717) is 5.69 Å². The van der Waals surface area contributed by atoms with Crippen molar-refractivity contribution in [2.24, 2.45) is 0 Å². The fourth-order valence-corrected chi connectivity index (χ4v) is 3.80. The Kier molecular flexibility index (Phi) is 7.79. The lowest BCUT2D eigenvalue weighted by Crippen LogP contribution is -2.44. The molecule has 35 heavy (non-hydrogen) atoms. The largest absolute Gasteiger partial charge is 0.444 e. The van der Waals surface area contributed by atoms with Crippen molar-refractivity contribution in [3.63, 3.8) is 0 Å². The van der Waals surface area contributed by atoms with Gasteiger partial charge in [-0.3, -0.25) is 9.59 Å². The molecule has 0 aliphatic rings. The number of aryl methyl sites for hydroxylation is 1. The SMILES string of the molecule is Cc1cccc(C(C(=O)Nc2ccc3ccccc3c2)N(C)C(=O)CNC(=O)OC(C)(C)C)c1C. The molecule has 7 nitrogen and oxygen atoms in total. The molecule has 1 unspecified atom stereocenters. The number of amides is 3. The molecule has 0 aliphatic heterocycles. The number of hydrogen-bond acceptors (Lipinski definition) is 4. The molecule has 0 heterocycles. The number of nitrogens with zero attached hydrogens (tertiary/aromatic N) is 1. The molecule has 0 spiro atoms. The van der Waals surface area contributed by atoms with Crippen molar-refractivity contribution in [3.8, 4) is 0 Å². The first-order chi connectivity index (χ1) is 16.5. The molecular formula is C28H33N3O4. The second-order valence-corrected chi connectivity index (χ2v) is 9.60. The third-order valence-corrected chi connectivity index (χ3v) is 5.77. The number of likely N-dealkylation sites (N-methyl/N-ethyl adjacent to an activating group) is 1. The average molecular weight is 476 g/mol. The molecule has 3 aromatic carbocycles. The molecule has 2 N–H and O–H groups in total. The predicted molar refractivity (Wildman–Crippen MR) is 138 cm³/mol. The van der Waals surface area contributed by atoms with Crippen molar-refractivity contribution in [1.29, 1.82) is 0 Å². The first-order valence-corrected chi connectivity index (χ1v) is 11.5. The lowest BCUT2D eigenvalue weighted by Gasteiger charge is -2.29. The van der Waals surface area contributed by atoms with E-state index in [1.54, 1.807) is 27.8 Å². The van der Waals surface area contributed by atoms with Crippen molar-refractivity contribution in [2.75, 3.05) is 18.9 Å². The lowest BCUT2D eigenvalue weighted by atomic mass is 9.95. The van der Waals surface area contributed by atoms with E-state index < -0.39 is 23.6 Å². The molecule has 3 rings (SSSR count). The van der Waals surface area contributed by atoms with Crippen molar-refractivity contribution in [3.05, 3.63) is 77.4 Å². The zero-order valence-electron chi connectivity index (χ0n) is 21.1. The van der Waals surface area contributed by atoms with Gasteiger partial charge in [0.25, 0.3) is 5.91 Å². The minimum absolute atomic E-state index is 0.296. The number of nitrogens with one attached hydrogen (secondary N) is 2. The minimum Gasteiger partial charge on any atom is -0.444 e. The van der Waals surface area contributed by atoms with Crippen molar-refractivity contribution in [2.45, 2.75) is 46.3 Å². The van der Waals surface area contributed by atoms with E-state index in [2.05, 4.69) is 10.6 Å². The van der Waals surface area contributed by atoms with Crippen LogP contribution in [0, 0.1) is 13.8 Å². The summed E-state index contributed by atoms with van der Waals surface area (Å²) in [5, 5.41) is 7.51. The smallest absolute Gasteiger partial charge is 0.408 e. The number of carbonyl (C=O) groups excluding carboxylic acids is 3. The molecule has 0 bridgehead atoms. The van der Waals surface area contributed by atoms with Crippen LogP contribution in [0.4, 0.5) is 10.5 Å². The van der Waals surface area contributed by atoms with Crippen LogP contribution >= 0.6 is 0 Å².